The molecule has 2 fully saturated rings. The first-order valence-corrected chi connectivity index (χ1v) is 10.2. The molecule has 5 nitrogen and oxygen atoms in total. The minimum absolute atomic E-state index is 0.251. The summed E-state index contributed by atoms with van der Waals surface area (Å²) < 4.78 is 7.74. The topological polar surface area (TPSA) is 47.4 Å². The fraction of sp³-hybridized carbons (Fsp3) is 0.545. The molecule has 5 heteroatoms. The van der Waals surface area contributed by atoms with E-state index in [1.165, 1.54) is 18.7 Å². The zero-order chi connectivity index (χ0) is 18.6. The van der Waals surface area contributed by atoms with E-state index in [1.807, 2.05) is 35.4 Å². The van der Waals surface area contributed by atoms with Crippen molar-refractivity contribution in [1.82, 2.24) is 14.5 Å². The fourth-order valence-electron chi connectivity index (χ4n) is 4.11. The Balaban J connectivity index is 1.28. The second-order valence-corrected chi connectivity index (χ2v) is 7.85. The van der Waals surface area contributed by atoms with Gasteiger partial charge in [-0.1, -0.05) is 18.2 Å². The highest BCUT2D eigenvalue weighted by atomic mass is 16.5. The standard InChI is InChI=1S/C22H29N3O2/c1-27-20-5-3-2-4-18(20)8-9-21(26)24-13-10-19(11-14-24)22-23-12-15-25(22)16-17-6-7-17/h2-5,12,15,17,19H,6-11,13-14,16H2,1H3. The van der Waals surface area contributed by atoms with Crippen LogP contribution in [-0.4, -0.2) is 40.6 Å². The summed E-state index contributed by atoms with van der Waals surface area (Å²) in [5.74, 6) is 3.68. The molecule has 1 aromatic heterocycles. The maximum absolute atomic E-state index is 12.6. The van der Waals surface area contributed by atoms with Crippen LogP contribution in [0.4, 0.5) is 0 Å². The fourth-order valence-corrected chi connectivity index (χ4v) is 4.11. The smallest absolute Gasteiger partial charge is 0.222 e. The molecule has 2 aromatic rings. The van der Waals surface area contributed by atoms with Crippen molar-refractivity contribution < 1.29 is 9.53 Å². The minimum atomic E-state index is 0.251. The molecule has 27 heavy (non-hydrogen) atoms. The number of carbonyl (C=O) groups is 1. The predicted octanol–water partition coefficient (Wildman–Crippen LogP) is 3.64. The molecule has 1 aromatic carbocycles. The average molecular weight is 367 g/mol. The molecule has 0 unspecified atom stereocenters. The molecule has 1 saturated carbocycles. The first kappa shape index (κ1) is 18.1. The molecule has 1 aliphatic carbocycles. The van der Waals surface area contributed by atoms with E-state index in [0.717, 1.165) is 56.1 Å². The van der Waals surface area contributed by atoms with Crippen molar-refractivity contribution in [3.63, 3.8) is 0 Å². The van der Waals surface area contributed by atoms with Gasteiger partial charge in [-0.25, -0.2) is 4.98 Å². The van der Waals surface area contributed by atoms with E-state index in [-0.39, 0.29) is 5.91 Å². The lowest BCUT2D eigenvalue weighted by Crippen LogP contribution is -2.38. The van der Waals surface area contributed by atoms with Crippen LogP contribution in [0.3, 0.4) is 0 Å². The van der Waals surface area contributed by atoms with Crippen molar-refractivity contribution in [2.75, 3.05) is 20.2 Å². The third kappa shape index (κ3) is 4.34. The number of amides is 1. The molecule has 1 aliphatic heterocycles. The summed E-state index contributed by atoms with van der Waals surface area (Å²) >= 11 is 0. The molecule has 0 radical (unpaired) electrons. The molecular formula is C22H29N3O2. The number of aryl methyl sites for hydroxylation is 1. The van der Waals surface area contributed by atoms with Gasteiger partial charge in [-0.05, 0) is 49.7 Å². The largest absolute Gasteiger partial charge is 0.496 e. The van der Waals surface area contributed by atoms with Crippen molar-refractivity contribution in [2.45, 2.75) is 51.0 Å². The maximum atomic E-state index is 12.6. The second-order valence-electron chi connectivity index (χ2n) is 7.85. The third-order valence-corrected chi connectivity index (χ3v) is 5.91. The van der Waals surface area contributed by atoms with Gasteiger partial charge < -0.3 is 14.2 Å². The van der Waals surface area contributed by atoms with E-state index in [9.17, 15) is 4.79 Å². The number of hydrogen-bond acceptors (Lipinski definition) is 3. The summed E-state index contributed by atoms with van der Waals surface area (Å²) in [7, 11) is 1.68. The predicted molar refractivity (Wildman–Crippen MR) is 105 cm³/mol. The number of likely N-dealkylation sites (tertiary alicyclic amines) is 1. The summed E-state index contributed by atoms with van der Waals surface area (Å²) in [6, 6.07) is 7.95. The highest BCUT2D eigenvalue weighted by Gasteiger charge is 2.28. The van der Waals surface area contributed by atoms with Gasteiger partial charge in [-0.15, -0.1) is 0 Å². The highest BCUT2D eigenvalue weighted by Crippen LogP contribution is 2.33. The number of benzene rings is 1. The number of hydrogen-bond donors (Lipinski definition) is 0. The van der Waals surface area contributed by atoms with Gasteiger partial charge in [0.1, 0.15) is 11.6 Å². The zero-order valence-corrected chi connectivity index (χ0v) is 16.1. The lowest BCUT2D eigenvalue weighted by molar-refractivity contribution is -0.132. The normalized spacial score (nSPS) is 17.9. The molecule has 4 rings (SSSR count). The second kappa shape index (κ2) is 8.15. The van der Waals surface area contributed by atoms with Crippen LogP contribution in [0.1, 0.15) is 49.4 Å². The van der Waals surface area contributed by atoms with E-state index >= 15 is 0 Å². The number of aromatic nitrogens is 2. The number of nitrogens with zero attached hydrogens (tertiary/aromatic N) is 3. The van der Waals surface area contributed by atoms with Crippen LogP contribution >= 0.6 is 0 Å². The van der Waals surface area contributed by atoms with Gasteiger partial charge >= 0.3 is 0 Å². The van der Waals surface area contributed by atoms with Crippen molar-refractivity contribution in [2.24, 2.45) is 5.92 Å². The number of ether oxygens (including phenoxy) is 1. The molecule has 1 amide bonds. The Kier molecular flexibility index (Phi) is 5.46. The molecule has 144 valence electrons. The van der Waals surface area contributed by atoms with Gasteiger partial charge in [-0.3, -0.25) is 4.79 Å². The van der Waals surface area contributed by atoms with Crippen LogP contribution in [0, 0.1) is 5.92 Å². The van der Waals surface area contributed by atoms with Crippen LogP contribution in [0.5, 0.6) is 5.75 Å². The van der Waals surface area contributed by atoms with Crippen molar-refractivity contribution in [1.29, 1.82) is 0 Å². The summed E-state index contributed by atoms with van der Waals surface area (Å²) in [5.41, 5.74) is 1.10. The Morgan fingerprint density at radius 2 is 1.96 bits per heavy atom. The van der Waals surface area contributed by atoms with Crippen LogP contribution in [0.15, 0.2) is 36.7 Å². The number of carbonyl (C=O) groups excluding carboxylic acids is 1. The summed E-state index contributed by atoms with van der Waals surface area (Å²) in [6.07, 6.45) is 10.1. The molecule has 1 saturated heterocycles. The van der Waals surface area contributed by atoms with Crippen molar-refractivity contribution in [3.05, 3.63) is 48.0 Å². The monoisotopic (exact) mass is 367 g/mol. The lowest BCUT2D eigenvalue weighted by atomic mass is 9.95. The Hall–Kier alpha value is -2.30. The molecule has 2 aliphatic rings. The van der Waals surface area contributed by atoms with Gasteiger partial charge in [0.05, 0.1) is 7.11 Å². The van der Waals surface area contributed by atoms with Crippen LogP contribution in [0.2, 0.25) is 0 Å². The molecule has 2 heterocycles. The lowest BCUT2D eigenvalue weighted by Gasteiger charge is -2.32. The van der Waals surface area contributed by atoms with Crippen LogP contribution in [0.25, 0.3) is 0 Å². The number of imidazole rings is 1. The molecule has 0 bridgehead atoms. The number of piperidine rings is 1. The Morgan fingerprint density at radius 1 is 1.19 bits per heavy atom. The van der Waals surface area contributed by atoms with Crippen molar-refractivity contribution in [3.8, 4) is 5.75 Å². The summed E-state index contributed by atoms with van der Waals surface area (Å²) in [6.45, 7) is 2.80. The van der Waals surface area contributed by atoms with Gasteiger partial charge in [-0.2, -0.15) is 0 Å². The quantitative estimate of drug-likeness (QED) is 0.751. The highest BCUT2D eigenvalue weighted by molar-refractivity contribution is 5.76. The van der Waals surface area contributed by atoms with Crippen molar-refractivity contribution >= 4 is 5.91 Å². The van der Waals surface area contributed by atoms with E-state index in [0.29, 0.717) is 12.3 Å². The third-order valence-electron chi connectivity index (χ3n) is 5.91. The number of methoxy groups -OCH3 is 1. The SMILES string of the molecule is COc1ccccc1CCC(=O)N1CCC(c2nccn2CC2CC2)CC1. The maximum Gasteiger partial charge on any atom is 0.222 e. The number of para-hydroxylation sites is 1. The van der Waals surface area contributed by atoms with E-state index < -0.39 is 0 Å². The minimum Gasteiger partial charge on any atom is -0.496 e. The Labute approximate surface area is 161 Å². The number of rotatable bonds is 7. The van der Waals surface area contributed by atoms with E-state index in [1.54, 1.807) is 7.11 Å². The Morgan fingerprint density at radius 3 is 2.70 bits per heavy atom. The Bertz CT molecular complexity index is 773. The zero-order valence-electron chi connectivity index (χ0n) is 16.1. The summed E-state index contributed by atoms with van der Waals surface area (Å²) in [4.78, 5) is 19.3. The van der Waals surface area contributed by atoms with E-state index in [4.69, 9.17) is 4.74 Å². The van der Waals surface area contributed by atoms with Crippen LogP contribution in [-0.2, 0) is 17.8 Å². The molecule has 0 spiro atoms. The summed E-state index contributed by atoms with van der Waals surface area (Å²) in [5, 5.41) is 0. The van der Waals surface area contributed by atoms with Gasteiger partial charge in [0, 0.05) is 44.4 Å². The van der Waals surface area contributed by atoms with E-state index in [2.05, 4.69) is 15.7 Å². The first-order chi connectivity index (χ1) is 13.2. The first-order valence-electron chi connectivity index (χ1n) is 10.2. The van der Waals surface area contributed by atoms with Gasteiger partial charge in [0.25, 0.3) is 0 Å². The molecule has 0 N–H and O–H groups in total. The van der Waals surface area contributed by atoms with Gasteiger partial charge in [0.15, 0.2) is 0 Å². The van der Waals surface area contributed by atoms with Crippen LogP contribution < -0.4 is 4.74 Å². The molecule has 0 atom stereocenters. The average Bonchev–Trinajstić information content (AvgIpc) is 3.41. The molecular weight excluding hydrogens is 338 g/mol. The van der Waals surface area contributed by atoms with Gasteiger partial charge in [0.2, 0.25) is 5.91 Å².